The number of carbonyl (C=O) groups is 1. The monoisotopic (exact) mass is 807 g/mol. The number of carbonyl (C=O) groups excluding carboxylic acids is 1. The Balaban J connectivity index is 4.02. The lowest BCUT2D eigenvalue weighted by molar-refractivity contribution is -0.154. The molecule has 0 radical (unpaired) electrons. The van der Waals surface area contributed by atoms with Gasteiger partial charge in [-0.1, -0.05) is 219 Å². The Hall–Kier alpha value is -0.540. The summed E-state index contributed by atoms with van der Waals surface area (Å²) in [6, 6.07) is 0. The molecule has 10 heteroatoms. The molecule has 9 nitrogen and oxygen atoms in total. The van der Waals surface area contributed by atoms with Gasteiger partial charge < -0.3 is 24.6 Å². The van der Waals surface area contributed by atoms with Gasteiger partial charge in [-0.15, -0.1) is 0 Å². The summed E-state index contributed by atoms with van der Waals surface area (Å²) in [7, 11) is -4.51. The third-order valence-corrected chi connectivity index (χ3v) is 11.5. The fourth-order valence-electron chi connectivity index (χ4n) is 6.95. The van der Waals surface area contributed by atoms with Crippen molar-refractivity contribution in [2.24, 2.45) is 0 Å². The highest BCUT2D eigenvalue weighted by Crippen LogP contribution is 2.43. The summed E-state index contributed by atoms with van der Waals surface area (Å²) in [4.78, 5) is 22.6. The van der Waals surface area contributed by atoms with Gasteiger partial charge in [0.1, 0.15) is 12.2 Å². The van der Waals surface area contributed by atoms with E-state index in [2.05, 4.69) is 13.8 Å². The molecule has 0 aliphatic carbocycles. The molecule has 0 bridgehead atoms. The lowest BCUT2D eigenvalue weighted by Crippen LogP contribution is -2.29. The molecule has 0 aromatic rings. The molecule has 0 spiro atoms. The van der Waals surface area contributed by atoms with Crippen LogP contribution in [0, 0.1) is 0 Å². The van der Waals surface area contributed by atoms with Crippen molar-refractivity contribution in [3.8, 4) is 0 Å². The molecule has 0 fully saturated rings. The molecule has 0 aromatic heterocycles. The van der Waals surface area contributed by atoms with E-state index in [0.29, 0.717) is 6.61 Å². The molecule has 0 aliphatic heterocycles. The average molecular weight is 807 g/mol. The SMILES string of the molecule is CCCCCCCCCCCCCCCCCCCCCCCOCC(COP(=O)(O)OCC(O)CO)OC(=O)CCCCCCCCCCCCCCC. The van der Waals surface area contributed by atoms with E-state index in [-0.39, 0.29) is 25.6 Å². The molecule has 0 aliphatic rings. The van der Waals surface area contributed by atoms with Crippen LogP contribution in [0.3, 0.4) is 0 Å². The van der Waals surface area contributed by atoms with E-state index in [9.17, 15) is 19.4 Å². The van der Waals surface area contributed by atoms with Crippen LogP contribution in [-0.4, -0.2) is 66.3 Å². The first-order valence-corrected chi connectivity index (χ1v) is 25.0. The van der Waals surface area contributed by atoms with Crippen LogP contribution in [0.25, 0.3) is 0 Å². The van der Waals surface area contributed by atoms with E-state index in [1.807, 2.05) is 0 Å². The number of hydrogen-bond acceptors (Lipinski definition) is 8. The van der Waals surface area contributed by atoms with Crippen molar-refractivity contribution in [2.75, 3.05) is 33.0 Å². The molecule has 0 amide bonds. The second-order valence-corrected chi connectivity index (χ2v) is 17.6. The number of esters is 1. The highest BCUT2D eigenvalue weighted by molar-refractivity contribution is 7.47. The van der Waals surface area contributed by atoms with Crippen LogP contribution in [0.15, 0.2) is 0 Å². The van der Waals surface area contributed by atoms with E-state index in [1.165, 1.54) is 186 Å². The number of unbranched alkanes of at least 4 members (excludes halogenated alkanes) is 32. The van der Waals surface area contributed by atoms with E-state index in [1.54, 1.807) is 0 Å². The first-order chi connectivity index (χ1) is 26.8. The minimum absolute atomic E-state index is 0.0583. The van der Waals surface area contributed by atoms with E-state index < -0.39 is 33.2 Å². The number of aliphatic hydroxyl groups excluding tert-OH is 2. The van der Waals surface area contributed by atoms with Crippen LogP contribution >= 0.6 is 7.82 Å². The number of rotatable bonds is 46. The Kier molecular flexibility index (Phi) is 42.6. The molecule has 3 N–H and O–H groups in total. The summed E-state index contributed by atoms with van der Waals surface area (Å²) in [6.45, 7) is 3.58. The Morgan fingerprint density at radius 3 is 1.18 bits per heavy atom. The van der Waals surface area contributed by atoms with Crippen molar-refractivity contribution in [3.63, 3.8) is 0 Å². The molecule has 0 rings (SSSR count). The van der Waals surface area contributed by atoms with Gasteiger partial charge >= 0.3 is 13.8 Å². The van der Waals surface area contributed by atoms with Crippen molar-refractivity contribution in [1.29, 1.82) is 0 Å². The van der Waals surface area contributed by atoms with Crippen molar-refractivity contribution in [3.05, 3.63) is 0 Å². The number of aliphatic hydroxyl groups is 2. The molecule has 55 heavy (non-hydrogen) atoms. The first-order valence-electron chi connectivity index (χ1n) is 23.5. The largest absolute Gasteiger partial charge is 0.472 e. The van der Waals surface area contributed by atoms with Crippen molar-refractivity contribution in [1.82, 2.24) is 0 Å². The van der Waals surface area contributed by atoms with Gasteiger partial charge in [-0.25, -0.2) is 4.57 Å². The Morgan fingerprint density at radius 2 is 0.818 bits per heavy atom. The molecule has 3 unspecified atom stereocenters. The molecule has 0 saturated carbocycles. The fraction of sp³-hybridized carbons (Fsp3) is 0.978. The van der Waals surface area contributed by atoms with Crippen LogP contribution in [0.4, 0.5) is 0 Å². The van der Waals surface area contributed by atoms with Crippen molar-refractivity contribution >= 4 is 13.8 Å². The summed E-state index contributed by atoms with van der Waals surface area (Å²) in [5, 5.41) is 18.4. The smallest absolute Gasteiger partial charge is 0.457 e. The third-order valence-electron chi connectivity index (χ3n) is 10.5. The summed E-state index contributed by atoms with van der Waals surface area (Å²) in [5.74, 6) is -0.376. The van der Waals surface area contributed by atoms with Crippen LogP contribution in [0.5, 0.6) is 0 Å². The van der Waals surface area contributed by atoms with E-state index >= 15 is 0 Å². The Bertz CT molecular complexity index is 830. The first kappa shape index (κ1) is 54.5. The van der Waals surface area contributed by atoms with Gasteiger partial charge in [0.15, 0.2) is 0 Å². The predicted octanol–water partition coefficient (Wildman–Crippen LogP) is 13.1. The number of phosphoric ester groups is 1. The van der Waals surface area contributed by atoms with Crippen LogP contribution in [-0.2, 0) is 27.9 Å². The lowest BCUT2D eigenvalue weighted by atomic mass is 10.0. The minimum Gasteiger partial charge on any atom is -0.457 e. The normalized spacial score (nSPS) is 13.9. The molecule has 3 atom stereocenters. The summed E-state index contributed by atoms with van der Waals surface area (Å²) in [5.41, 5.74) is 0. The van der Waals surface area contributed by atoms with Crippen LogP contribution in [0.1, 0.15) is 239 Å². The standard InChI is InChI=1S/C45H91O9P/c1-3-5-7-9-11-13-15-17-18-19-20-21-22-23-24-26-28-30-32-34-36-38-51-41-44(42-53-55(49,50)52-40-43(47)39-46)54-45(48)37-35-33-31-29-27-25-16-14-12-10-8-6-4-2/h43-44,46-47H,3-42H2,1-2H3,(H,49,50). The van der Waals surface area contributed by atoms with Gasteiger partial charge in [-0.05, 0) is 12.8 Å². The van der Waals surface area contributed by atoms with Crippen molar-refractivity contribution in [2.45, 2.75) is 251 Å². The summed E-state index contributed by atoms with van der Waals surface area (Å²) >= 11 is 0. The molecule has 0 heterocycles. The zero-order chi connectivity index (χ0) is 40.3. The number of phosphoric acid groups is 1. The van der Waals surface area contributed by atoms with E-state index in [4.69, 9.17) is 23.6 Å². The van der Waals surface area contributed by atoms with Gasteiger partial charge in [0, 0.05) is 13.0 Å². The maximum Gasteiger partial charge on any atom is 0.472 e. The fourth-order valence-corrected chi connectivity index (χ4v) is 7.74. The van der Waals surface area contributed by atoms with Crippen LogP contribution in [0.2, 0.25) is 0 Å². The predicted molar refractivity (Wildman–Crippen MR) is 228 cm³/mol. The maximum absolute atomic E-state index is 12.6. The second kappa shape index (κ2) is 43.0. The molecule has 330 valence electrons. The van der Waals surface area contributed by atoms with Gasteiger partial charge in [-0.2, -0.15) is 0 Å². The third kappa shape index (κ3) is 42.9. The van der Waals surface area contributed by atoms with Gasteiger partial charge in [0.25, 0.3) is 0 Å². The highest BCUT2D eigenvalue weighted by Gasteiger charge is 2.26. The second-order valence-electron chi connectivity index (χ2n) is 16.1. The quantitative estimate of drug-likeness (QED) is 0.0312. The Labute approximate surface area is 339 Å². The molecule has 0 saturated heterocycles. The van der Waals surface area contributed by atoms with E-state index in [0.717, 1.165) is 32.1 Å². The van der Waals surface area contributed by atoms with Gasteiger partial charge in [0.2, 0.25) is 0 Å². The molecular weight excluding hydrogens is 715 g/mol. The minimum atomic E-state index is -4.51. The highest BCUT2D eigenvalue weighted by atomic mass is 31.2. The Morgan fingerprint density at radius 1 is 0.491 bits per heavy atom. The average Bonchev–Trinajstić information content (AvgIpc) is 3.18. The van der Waals surface area contributed by atoms with Gasteiger partial charge in [-0.3, -0.25) is 13.8 Å². The van der Waals surface area contributed by atoms with Gasteiger partial charge in [0.05, 0.1) is 26.4 Å². The lowest BCUT2D eigenvalue weighted by Gasteiger charge is -2.20. The zero-order valence-corrected chi connectivity index (χ0v) is 37.1. The number of hydrogen-bond donors (Lipinski definition) is 3. The zero-order valence-electron chi connectivity index (χ0n) is 36.2. The van der Waals surface area contributed by atoms with Crippen LogP contribution < -0.4 is 0 Å². The summed E-state index contributed by atoms with van der Waals surface area (Å²) in [6.07, 6.45) is 42.1. The van der Waals surface area contributed by atoms with Crippen molar-refractivity contribution < 1.29 is 43.0 Å². The number of ether oxygens (including phenoxy) is 2. The molecular formula is C45H91O9P. The summed E-state index contributed by atoms with van der Waals surface area (Å²) < 4.78 is 33.4. The topological polar surface area (TPSA) is 132 Å². The maximum atomic E-state index is 12.6. The molecule has 0 aromatic carbocycles.